The lowest BCUT2D eigenvalue weighted by Gasteiger charge is -2.19. The summed E-state index contributed by atoms with van der Waals surface area (Å²) >= 11 is 0. The molecule has 88 valence electrons. The first-order valence-corrected chi connectivity index (χ1v) is 4.46. The van der Waals surface area contributed by atoms with Crippen molar-refractivity contribution in [1.82, 2.24) is 0 Å². The summed E-state index contributed by atoms with van der Waals surface area (Å²) in [6.07, 6.45) is -0.290. The van der Waals surface area contributed by atoms with Gasteiger partial charge < -0.3 is 21.1 Å². The minimum Gasteiger partial charge on any atom is -0.504 e. The van der Waals surface area contributed by atoms with Gasteiger partial charge in [0.2, 0.25) is 0 Å². The predicted molar refractivity (Wildman–Crippen MR) is 53.7 cm³/mol. The molecule has 16 heavy (non-hydrogen) atoms. The smallest absolute Gasteiger partial charge is 0.323 e. The Labute approximate surface area is 90.9 Å². The van der Waals surface area contributed by atoms with Crippen LogP contribution in [0.5, 0.6) is 11.5 Å². The molecule has 5 N–H and O–H groups in total. The van der Waals surface area contributed by atoms with Gasteiger partial charge in [0.1, 0.15) is 11.4 Å². The molecule has 0 saturated heterocycles. The third-order valence-corrected chi connectivity index (χ3v) is 2.19. The number of aromatic hydroxyl groups is 2. The van der Waals surface area contributed by atoms with Gasteiger partial charge in [-0.2, -0.15) is 0 Å². The molecule has 1 rings (SSSR count). The fraction of sp³-hybridized carbons (Fsp3) is 0.300. The molecule has 0 unspecified atom stereocenters. The van der Waals surface area contributed by atoms with E-state index in [2.05, 4.69) is 0 Å². The van der Waals surface area contributed by atoms with Gasteiger partial charge in [0.15, 0.2) is 11.5 Å². The molecule has 1 aromatic rings. The molecule has 0 heterocycles. The Morgan fingerprint density at radius 1 is 1.44 bits per heavy atom. The highest BCUT2D eigenvalue weighted by molar-refractivity contribution is 5.78. The van der Waals surface area contributed by atoms with Crippen LogP contribution < -0.4 is 5.73 Å². The normalized spacial score (nSPS) is 14.4. The van der Waals surface area contributed by atoms with E-state index < -0.39 is 28.8 Å². The van der Waals surface area contributed by atoms with E-state index in [1.807, 2.05) is 0 Å². The SMILES string of the molecule is C[C@@](N)(Cc1cc(O)c(O)cc1[18F])C(=O)O. The van der Waals surface area contributed by atoms with Gasteiger partial charge in [0.05, 0.1) is 0 Å². The Hall–Kier alpha value is -1.82. The van der Waals surface area contributed by atoms with Crippen LogP contribution in [0.15, 0.2) is 12.1 Å². The van der Waals surface area contributed by atoms with Crippen molar-refractivity contribution < 1.29 is 24.5 Å². The lowest BCUT2D eigenvalue weighted by molar-refractivity contribution is -0.142. The van der Waals surface area contributed by atoms with Crippen LogP contribution in [0.1, 0.15) is 12.5 Å². The summed E-state index contributed by atoms with van der Waals surface area (Å²) in [5.74, 6) is -3.21. The van der Waals surface area contributed by atoms with E-state index in [0.29, 0.717) is 6.07 Å². The summed E-state index contributed by atoms with van der Waals surface area (Å²) in [5.41, 5.74) is 3.74. The number of rotatable bonds is 3. The number of phenolic OH excluding ortho intramolecular Hbond substituents is 2. The van der Waals surface area contributed by atoms with E-state index in [0.717, 1.165) is 6.07 Å². The third-order valence-electron chi connectivity index (χ3n) is 2.19. The summed E-state index contributed by atoms with van der Waals surface area (Å²) in [4.78, 5) is 10.7. The van der Waals surface area contributed by atoms with Crippen molar-refractivity contribution in [2.75, 3.05) is 0 Å². The van der Waals surface area contributed by atoms with Crippen molar-refractivity contribution in [3.63, 3.8) is 0 Å². The van der Waals surface area contributed by atoms with Crippen LogP contribution in [-0.4, -0.2) is 26.8 Å². The van der Waals surface area contributed by atoms with E-state index in [4.69, 9.17) is 21.1 Å². The Morgan fingerprint density at radius 3 is 2.44 bits per heavy atom. The summed E-state index contributed by atoms with van der Waals surface area (Å²) in [6, 6.07) is 1.67. The minimum absolute atomic E-state index is 0.0669. The van der Waals surface area contributed by atoms with Crippen LogP contribution in [0.4, 0.5) is 4.39 Å². The van der Waals surface area contributed by atoms with Gasteiger partial charge in [0, 0.05) is 12.5 Å². The minimum atomic E-state index is -1.63. The lowest BCUT2D eigenvalue weighted by atomic mass is 9.93. The molecular formula is C10H12FNO4. The maximum atomic E-state index is 13.3. The van der Waals surface area contributed by atoms with Gasteiger partial charge in [-0.05, 0) is 18.6 Å². The van der Waals surface area contributed by atoms with Crippen LogP contribution >= 0.6 is 0 Å². The number of phenols is 2. The van der Waals surface area contributed by atoms with Crippen LogP contribution in [0, 0.1) is 5.82 Å². The molecule has 0 aliphatic rings. The molecule has 5 nitrogen and oxygen atoms in total. The average Bonchev–Trinajstić information content (AvgIpc) is 2.13. The zero-order valence-corrected chi connectivity index (χ0v) is 8.57. The molecule has 0 aliphatic heterocycles. The second-order valence-electron chi connectivity index (χ2n) is 3.83. The van der Waals surface area contributed by atoms with Gasteiger partial charge in [-0.3, -0.25) is 4.79 Å². The lowest BCUT2D eigenvalue weighted by Crippen LogP contribution is -2.47. The van der Waals surface area contributed by atoms with E-state index in [1.165, 1.54) is 6.92 Å². The average molecular weight is 228 g/mol. The third kappa shape index (κ3) is 2.40. The van der Waals surface area contributed by atoms with Crippen molar-refractivity contribution in [3.8, 4) is 11.5 Å². The molecule has 0 bridgehead atoms. The predicted octanol–water partition coefficient (Wildman–Crippen LogP) is 0.581. The fourth-order valence-electron chi connectivity index (χ4n) is 1.20. The fourth-order valence-corrected chi connectivity index (χ4v) is 1.20. The monoisotopic (exact) mass is 228 g/mol. The van der Waals surface area contributed by atoms with Crippen LogP contribution in [0.25, 0.3) is 0 Å². The number of carboxylic acids is 1. The van der Waals surface area contributed by atoms with Gasteiger partial charge in [-0.15, -0.1) is 0 Å². The molecule has 0 saturated carbocycles. The quantitative estimate of drug-likeness (QED) is 0.566. The molecule has 1 atom stereocenters. The van der Waals surface area contributed by atoms with Gasteiger partial charge in [-0.25, -0.2) is 4.39 Å². The van der Waals surface area contributed by atoms with Crippen molar-refractivity contribution in [3.05, 3.63) is 23.5 Å². The summed E-state index contributed by atoms with van der Waals surface area (Å²) in [5, 5.41) is 26.9. The topological polar surface area (TPSA) is 104 Å². The number of nitrogens with two attached hydrogens (primary N) is 1. The van der Waals surface area contributed by atoms with Crippen LogP contribution in [0.3, 0.4) is 0 Å². The molecule has 0 amide bonds. The first-order valence-electron chi connectivity index (χ1n) is 4.46. The number of halogens is 1. The molecule has 0 spiro atoms. The number of carbonyl (C=O) groups is 1. The second kappa shape index (κ2) is 3.97. The zero-order valence-electron chi connectivity index (χ0n) is 8.57. The number of hydrogen-bond acceptors (Lipinski definition) is 4. The summed E-state index contributed by atoms with van der Waals surface area (Å²) in [7, 11) is 0. The number of hydrogen-bond donors (Lipinski definition) is 4. The molecule has 0 aromatic heterocycles. The van der Waals surface area contributed by atoms with Crippen molar-refractivity contribution in [2.24, 2.45) is 5.73 Å². The van der Waals surface area contributed by atoms with Crippen molar-refractivity contribution >= 4 is 5.97 Å². The van der Waals surface area contributed by atoms with Crippen molar-refractivity contribution in [1.29, 1.82) is 0 Å². The summed E-state index contributed by atoms with van der Waals surface area (Å²) in [6.45, 7) is 1.23. The number of aliphatic carboxylic acids is 1. The molecule has 6 heteroatoms. The molecule has 1 aromatic carbocycles. The van der Waals surface area contributed by atoms with Crippen LogP contribution in [-0.2, 0) is 11.2 Å². The number of benzene rings is 1. The van der Waals surface area contributed by atoms with E-state index in [1.54, 1.807) is 0 Å². The van der Waals surface area contributed by atoms with Crippen LogP contribution in [0.2, 0.25) is 0 Å². The molecule has 0 radical (unpaired) electrons. The Bertz CT molecular complexity index is 431. The first-order chi connectivity index (χ1) is 7.24. The molecule has 0 aliphatic carbocycles. The maximum absolute atomic E-state index is 13.3. The summed E-state index contributed by atoms with van der Waals surface area (Å²) < 4.78 is 13.3. The molecular weight excluding hydrogens is 216 g/mol. The zero-order chi connectivity index (χ0) is 12.5. The van der Waals surface area contributed by atoms with E-state index >= 15 is 0 Å². The maximum Gasteiger partial charge on any atom is 0.323 e. The van der Waals surface area contributed by atoms with E-state index in [9.17, 15) is 9.18 Å². The molecule has 0 fully saturated rings. The Morgan fingerprint density at radius 2 is 1.94 bits per heavy atom. The largest absolute Gasteiger partial charge is 0.504 e. The van der Waals surface area contributed by atoms with Gasteiger partial charge >= 0.3 is 5.97 Å². The van der Waals surface area contributed by atoms with Gasteiger partial charge in [0.25, 0.3) is 0 Å². The van der Waals surface area contributed by atoms with Crippen molar-refractivity contribution in [2.45, 2.75) is 18.9 Å². The highest BCUT2D eigenvalue weighted by atomic mass is 18.2. The second-order valence-corrected chi connectivity index (χ2v) is 3.83. The standard InChI is InChI=1S/C10H12FNO4/c1-10(12,9(15)16)4-5-2-7(13)8(14)3-6(5)11/h2-3,13-14H,4,12H2,1H3,(H,15,16)/t10-/m1/s1/i11-1. The number of carboxylic acid groups (broad SMARTS) is 1. The van der Waals surface area contributed by atoms with E-state index in [-0.39, 0.29) is 12.0 Å². The Kier molecular flexibility index (Phi) is 3.04. The highest BCUT2D eigenvalue weighted by Crippen LogP contribution is 2.29. The van der Waals surface area contributed by atoms with Gasteiger partial charge in [-0.1, -0.05) is 0 Å². The first kappa shape index (κ1) is 12.3. The Balaban J connectivity index is 3.07. The highest BCUT2D eigenvalue weighted by Gasteiger charge is 2.29.